The van der Waals surface area contributed by atoms with E-state index < -0.39 is 0 Å². The molecule has 1 aromatic heterocycles. The van der Waals surface area contributed by atoms with Crippen molar-refractivity contribution in [3.05, 3.63) is 18.2 Å². The number of hydrogen-bond donors (Lipinski definition) is 0. The first-order chi connectivity index (χ1) is 7.70. The van der Waals surface area contributed by atoms with Crippen LogP contribution in [-0.4, -0.2) is 33.3 Å². The van der Waals surface area contributed by atoms with Gasteiger partial charge in [0.15, 0.2) is 0 Å². The molecule has 0 saturated heterocycles. The lowest BCUT2D eigenvalue weighted by Gasteiger charge is -2.27. The Bertz CT molecular complexity index is 372. The fourth-order valence-corrected chi connectivity index (χ4v) is 1.96. The number of fused-ring (bicyclic) bond motifs is 1. The lowest BCUT2D eigenvalue weighted by Crippen LogP contribution is -2.38. The van der Waals surface area contributed by atoms with Crippen molar-refractivity contribution in [2.75, 3.05) is 13.1 Å². The van der Waals surface area contributed by atoms with Gasteiger partial charge < -0.3 is 4.57 Å². The number of hydrogen-bond acceptors (Lipinski definition) is 3. The van der Waals surface area contributed by atoms with Crippen LogP contribution in [0, 0.1) is 5.92 Å². The van der Waals surface area contributed by atoms with Crippen LogP contribution in [0.4, 0.5) is 0 Å². The van der Waals surface area contributed by atoms with Crippen LogP contribution in [-0.2, 0) is 17.9 Å². The SMILES string of the molecule is CCC(C)C(=O)CN1CCn2ccnc2C1. The summed E-state index contributed by atoms with van der Waals surface area (Å²) in [7, 11) is 0. The number of carbonyl (C=O) groups is 1. The zero-order chi connectivity index (χ0) is 11.5. The predicted molar refractivity (Wildman–Crippen MR) is 62.0 cm³/mol. The highest BCUT2D eigenvalue weighted by Crippen LogP contribution is 2.11. The molecule has 0 spiro atoms. The fourth-order valence-electron chi connectivity index (χ4n) is 1.96. The Balaban J connectivity index is 1.92. The number of aromatic nitrogens is 2. The smallest absolute Gasteiger partial charge is 0.149 e. The molecule has 0 aliphatic carbocycles. The summed E-state index contributed by atoms with van der Waals surface area (Å²) in [6, 6.07) is 0. The van der Waals surface area contributed by atoms with Gasteiger partial charge in [-0.15, -0.1) is 0 Å². The summed E-state index contributed by atoms with van der Waals surface area (Å²) < 4.78 is 2.16. The highest BCUT2D eigenvalue weighted by molar-refractivity contribution is 5.82. The van der Waals surface area contributed by atoms with E-state index in [-0.39, 0.29) is 5.92 Å². The average molecular weight is 221 g/mol. The number of carbonyl (C=O) groups excluding carboxylic acids is 1. The van der Waals surface area contributed by atoms with Crippen molar-refractivity contribution in [3.8, 4) is 0 Å². The van der Waals surface area contributed by atoms with Gasteiger partial charge in [-0.3, -0.25) is 9.69 Å². The largest absolute Gasteiger partial charge is 0.333 e. The molecule has 1 aromatic rings. The van der Waals surface area contributed by atoms with E-state index in [4.69, 9.17) is 0 Å². The number of imidazole rings is 1. The molecule has 4 heteroatoms. The molecular formula is C12H19N3O. The second kappa shape index (κ2) is 4.78. The molecule has 0 aromatic carbocycles. The molecule has 4 nitrogen and oxygen atoms in total. The molecule has 0 fully saturated rings. The minimum atomic E-state index is 0.182. The molecule has 2 rings (SSSR count). The molecule has 0 N–H and O–H groups in total. The van der Waals surface area contributed by atoms with Gasteiger partial charge in [-0.25, -0.2) is 4.98 Å². The maximum absolute atomic E-state index is 11.8. The predicted octanol–water partition coefficient (Wildman–Crippen LogP) is 1.31. The summed E-state index contributed by atoms with van der Waals surface area (Å²) in [6.45, 7) is 7.34. The van der Waals surface area contributed by atoms with Crippen LogP contribution in [0.1, 0.15) is 26.1 Å². The van der Waals surface area contributed by atoms with Crippen LogP contribution in [0.15, 0.2) is 12.4 Å². The molecule has 1 aliphatic rings. The molecule has 2 heterocycles. The van der Waals surface area contributed by atoms with E-state index in [0.29, 0.717) is 12.3 Å². The summed E-state index contributed by atoms with van der Waals surface area (Å²) in [5, 5.41) is 0. The van der Waals surface area contributed by atoms with Crippen LogP contribution < -0.4 is 0 Å². The summed E-state index contributed by atoms with van der Waals surface area (Å²) in [5.41, 5.74) is 0. The molecule has 1 aliphatic heterocycles. The van der Waals surface area contributed by atoms with Crippen LogP contribution >= 0.6 is 0 Å². The summed E-state index contributed by atoms with van der Waals surface area (Å²) in [6.07, 6.45) is 4.76. The van der Waals surface area contributed by atoms with E-state index >= 15 is 0 Å². The second-order valence-corrected chi connectivity index (χ2v) is 4.52. The standard InChI is InChI=1S/C12H19N3O/c1-3-10(2)11(16)8-14-6-7-15-5-4-13-12(15)9-14/h4-5,10H,3,6-9H2,1-2H3. The maximum Gasteiger partial charge on any atom is 0.149 e. The highest BCUT2D eigenvalue weighted by Gasteiger charge is 2.20. The van der Waals surface area contributed by atoms with Crippen molar-refractivity contribution >= 4 is 5.78 Å². The van der Waals surface area contributed by atoms with Gasteiger partial charge in [0.2, 0.25) is 0 Å². The Kier molecular flexibility index (Phi) is 3.39. The monoisotopic (exact) mass is 221 g/mol. The van der Waals surface area contributed by atoms with Crippen LogP contribution in [0.2, 0.25) is 0 Å². The molecular weight excluding hydrogens is 202 g/mol. The maximum atomic E-state index is 11.8. The normalized spacial score (nSPS) is 18.1. The lowest BCUT2D eigenvalue weighted by atomic mass is 10.0. The number of ketones is 1. The van der Waals surface area contributed by atoms with Crippen molar-refractivity contribution in [2.24, 2.45) is 5.92 Å². The molecule has 16 heavy (non-hydrogen) atoms. The van der Waals surface area contributed by atoms with E-state index in [2.05, 4.69) is 21.4 Å². The molecule has 0 amide bonds. The minimum absolute atomic E-state index is 0.182. The zero-order valence-corrected chi connectivity index (χ0v) is 10.0. The first-order valence-corrected chi connectivity index (χ1v) is 5.95. The van der Waals surface area contributed by atoms with Crippen molar-refractivity contribution in [1.29, 1.82) is 0 Å². The van der Waals surface area contributed by atoms with E-state index in [1.165, 1.54) is 0 Å². The molecule has 0 radical (unpaired) electrons. The minimum Gasteiger partial charge on any atom is -0.333 e. The number of nitrogens with zero attached hydrogens (tertiary/aromatic N) is 3. The Morgan fingerprint density at radius 2 is 2.38 bits per heavy atom. The lowest BCUT2D eigenvalue weighted by molar-refractivity contribution is -0.123. The third kappa shape index (κ3) is 2.32. The van der Waals surface area contributed by atoms with Crippen LogP contribution in [0.25, 0.3) is 0 Å². The fraction of sp³-hybridized carbons (Fsp3) is 0.667. The molecule has 1 unspecified atom stereocenters. The Hall–Kier alpha value is -1.16. The summed E-state index contributed by atoms with van der Waals surface area (Å²) in [4.78, 5) is 18.3. The zero-order valence-electron chi connectivity index (χ0n) is 10.0. The van der Waals surface area contributed by atoms with Crippen LogP contribution in [0.3, 0.4) is 0 Å². The van der Waals surface area contributed by atoms with E-state index in [1.807, 2.05) is 19.3 Å². The van der Waals surface area contributed by atoms with Crippen molar-refractivity contribution < 1.29 is 4.79 Å². The van der Waals surface area contributed by atoms with Crippen molar-refractivity contribution in [3.63, 3.8) is 0 Å². The third-order valence-electron chi connectivity index (χ3n) is 3.37. The van der Waals surface area contributed by atoms with Gasteiger partial charge in [-0.2, -0.15) is 0 Å². The number of rotatable bonds is 4. The summed E-state index contributed by atoms with van der Waals surface area (Å²) in [5.74, 6) is 1.60. The third-order valence-corrected chi connectivity index (χ3v) is 3.37. The van der Waals surface area contributed by atoms with Gasteiger partial charge in [-0.05, 0) is 6.42 Å². The molecule has 0 bridgehead atoms. The topological polar surface area (TPSA) is 38.1 Å². The summed E-state index contributed by atoms with van der Waals surface area (Å²) >= 11 is 0. The quantitative estimate of drug-likeness (QED) is 0.769. The Labute approximate surface area is 96.3 Å². The van der Waals surface area contributed by atoms with Gasteiger partial charge >= 0.3 is 0 Å². The highest BCUT2D eigenvalue weighted by atomic mass is 16.1. The van der Waals surface area contributed by atoms with Gasteiger partial charge in [0, 0.05) is 31.4 Å². The van der Waals surface area contributed by atoms with E-state index in [9.17, 15) is 4.79 Å². The average Bonchev–Trinajstić information content (AvgIpc) is 2.75. The number of Topliss-reactive ketones (excluding diaryl/α,β-unsaturated/α-hetero) is 1. The Morgan fingerprint density at radius 3 is 3.12 bits per heavy atom. The van der Waals surface area contributed by atoms with Gasteiger partial charge in [0.25, 0.3) is 0 Å². The van der Waals surface area contributed by atoms with Crippen molar-refractivity contribution in [1.82, 2.24) is 14.5 Å². The first kappa shape index (κ1) is 11.3. The van der Waals surface area contributed by atoms with Gasteiger partial charge in [0.1, 0.15) is 11.6 Å². The van der Waals surface area contributed by atoms with Gasteiger partial charge in [-0.1, -0.05) is 13.8 Å². The van der Waals surface area contributed by atoms with E-state index in [1.54, 1.807) is 0 Å². The molecule has 0 saturated carbocycles. The van der Waals surface area contributed by atoms with Crippen molar-refractivity contribution in [2.45, 2.75) is 33.4 Å². The Morgan fingerprint density at radius 1 is 1.56 bits per heavy atom. The first-order valence-electron chi connectivity index (χ1n) is 5.95. The molecule has 1 atom stereocenters. The second-order valence-electron chi connectivity index (χ2n) is 4.52. The molecule has 88 valence electrons. The van der Waals surface area contributed by atoms with Crippen LogP contribution in [0.5, 0.6) is 0 Å². The van der Waals surface area contributed by atoms with E-state index in [0.717, 1.165) is 31.9 Å². The van der Waals surface area contributed by atoms with Gasteiger partial charge in [0.05, 0.1) is 13.1 Å².